The van der Waals surface area contributed by atoms with Crippen LogP contribution in [0.1, 0.15) is 22.3 Å². The first-order chi connectivity index (χ1) is 13.6. The summed E-state index contributed by atoms with van der Waals surface area (Å²) in [5, 5.41) is 10.7. The van der Waals surface area contributed by atoms with Crippen LogP contribution in [0.15, 0.2) is 29.5 Å². The number of amides is 1. The summed E-state index contributed by atoms with van der Waals surface area (Å²) in [5.74, 6) is -0.178. The second kappa shape index (κ2) is 6.50. The molecule has 0 aromatic carbocycles. The maximum absolute atomic E-state index is 13.0. The topological polar surface area (TPSA) is 105 Å². The zero-order chi connectivity index (χ0) is 21.0. The molecule has 2 aromatic heterocycles. The van der Waals surface area contributed by atoms with Crippen LogP contribution in [0.5, 0.6) is 0 Å². The molecule has 154 valence electrons. The van der Waals surface area contributed by atoms with Crippen molar-refractivity contribution in [3.63, 3.8) is 0 Å². The quantitative estimate of drug-likeness (QED) is 0.572. The smallest absolute Gasteiger partial charge is 0.382 e. The Morgan fingerprint density at radius 1 is 1.41 bits per heavy atom. The average molecular weight is 407 g/mol. The van der Waals surface area contributed by atoms with Gasteiger partial charge in [0.1, 0.15) is 6.54 Å². The van der Waals surface area contributed by atoms with Crippen molar-refractivity contribution in [3.8, 4) is 0 Å². The fourth-order valence-corrected chi connectivity index (χ4v) is 4.16. The Bertz CT molecular complexity index is 1080. The molecule has 0 radical (unpaired) electrons. The van der Waals surface area contributed by atoms with E-state index in [1.807, 2.05) is 6.92 Å². The van der Waals surface area contributed by atoms with Crippen LogP contribution in [0.4, 0.5) is 13.2 Å². The summed E-state index contributed by atoms with van der Waals surface area (Å²) in [6.07, 6.45) is 1.98. The van der Waals surface area contributed by atoms with Crippen molar-refractivity contribution >= 4 is 22.5 Å². The van der Waals surface area contributed by atoms with Crippen molar-refractivity contribution in [2.45, 2.75) is 19.5 Å². The van der Waals surface area contributed by atoms with Crippen molar-refractivity contribution in [2.75, 3.05) is 19.6 Å². The first-order valence-corrected chi connectivity index (χ1v) is 9.17. The van der Waals surface area contributed by atoms with Gasteiger partial charge in [0.05, 0.1) is 16.5 Å². The lowest BCUT2D eigenvalue weighted by Gasteiger charge is -2.20. The number of aromatic amines is 2. The second-order valence-corrected chi connectivity index (χ2v) is 7.74. The van der Waals surface area contributed by atoms with E-state index >= 15 is 0 Å². The van der Waals surface area contributed by atoms with Crippen LogP contribution >= 0.6 is 0 Å². The van der Waals surface area contributed by atoms with Crippen LogP contribution in [0.2, 0.25) is 0 Å². The molecule has 0 spiro atoms. The van der Waals surface area contributed by atoms with Gasteiger partial charge in [-0.3, -0.25) is 9.59 Å². The monoisotopic (exact) mass is 407 g/mol. The maximum Gasteiger partial charge on any atom is 0.405 e. The zero-order valence-electron chi connectivity index (χ0n) is 15.6. The number of aromatic nitrogens is 2. The van der Waals surface area contributed by atoms with Gasteiger partial charge >= 0.3 is 6.18 Å². The van der Waals surface area contributed by atoms with Crippen LogP contribution in [0.3, 0.4) is 0 Å². The van der Waals surface area contributed by atoms with Gasteiger partial charge in [0.15, 0.2) is 0 Å². The molecule has 2 unspecified atom stereocenters. The molecule has 1 saturated heterocycles. The number of likely N-dealkylation sites (tertiary alicyclic amines) is 1. The number of nitrogens with zero attached hydrogens (tertiary/aromatic N) is 1. The summed E-state index contributed by atoms with van der Waals surface area (Å²) in [7, 11) is 0. The van der Waals surface area contributed by atoms with Crippen molar-refractivity contribution in [1.29, 1.82) is 5.41 Å². The molecule has 0 bridgehead atoms. The second-order valence-electron chi connectivity index (χ2n) is 7.74. The number of piperidine rings is 1. The van der Waals surface area contributed by atoms with Gasteiger partial charge in [0, 0.05) is 36.6 Å². The van der Waals surface area contributed by atoms with Gasteiger partial charge in [-0.25, -0.2) is 0 Å². The first kappa shape index (κ1) is 19.3. The van der Waals surface area contributed by atoms with Crippen LogP contribution in [-0.2, 0) is 0 Å². The standard InChI is InChI=1S/C19H20F3N5O2/c1-10-5-26-16(28)14-12(6-25-15(10)14)17(29)27-7-11-4-18(11,9-27)13(23)2-3-24-8-19(20,21)22/h2-3,5-6,11,23-25H,4,7-9H2,1H3,(H,26,28)/b3-2-,23-13?. The summed E-state index contributed by atoms with van der Waals surface area (Å²) >= 11 is 0. The normalized spacial score (nSPS) is 23.6. The Labute approximate surface area is 163 Å². The third-order valence-corrected chi connectivity index (χ3v) is 5.79. The molecular formula is C19H20F3N5O2. The molecule has 2 atom stereocenters. The number of hydrogen-bond donors (Lipinski definition) is 4. The molecule has 4 N–H and O–H groups in total. The fraction of sp³-hybridized carbons (Fsp3) is 0.421. The molecule has 10 heteroatoms. The Hall–Kier alpha value is -3.04. The number of allylic oxidation sites excluding steroid dienone is 1. The number of fused-ring (bicyclic) bond motifs is 2. The molecule has 1 aliphatic carbocycles. The van der Waals surface area contributed by atoms with E-state index in [1.165, 1.54) is 12.3 Å². The van der Waals surface area contributed by atoms with E-state index in [-0.39, 0.29) is 28.7 Å². The van der Waals surface area contributed by atoms with Crippen molar-refractivity contribution in [1.82, 2.24) is 20.2 Å². The van der Waals surface area contributed by atoms with Crippen molar-refractivity contribution in [3.05, 3.63) is 46.2 Å². The molecule has 2 aromatic rings. The molecule has 1 aliphatic heterocycles. The predicted octanol–water partition coefficient (Wildman–Crippen LogP) is 2.31. The van der Waals surface area contributed by atoms with E-state index in [4.69, 9.17) is 5.41 Å². The molecular weight excluding hydrogens is 387 g/mol. The van der Waals surface area contributed by atoms with Crippen molar-refractivity contribution in [2.24, 2.45) is 11.3 Å². The van der Waals surface area contributed by atoms with Crippen LogP contribution in [-0.4, -0.2) is 52.3 Å². The molecule has 3 heterocycles. The summed E-state index contributed by atoms with van der Waals surface area (Å²) in [5.41, 5.74) is 1.07. The van der Waals surface area contributed by atoms with E-state index < -0.39 is 18.1 Å². The molecule has 1 saturated carbocycles. The van der Waals surface area contributed by atoms with Gasteiger partial charge in [0.25, 0.3) is 11.5 Å². The van der Waals surface area contributed by atoms with E-state index in [9.17, 15) is 22.8 Å². The molecule has 7 nitrogen and oxygen atoms in total. The SMILES string of the molecule is Cc1c[nH]c(=O)c2c(C(=O)N3CC4CC4(C(=N)/C=C\NCC(F)(F)F)C3)c[nH]c12. The van der Waals surface area contributed by atoms with E-state index in [0.717, 1.165) is 18.2 Å². The Kier molecular flexibility index (Phi) is 4.32. The molecule has 1 amide bonds. The highest BCUT2D eigenvalue weighted by Gasteiger charge is 2.62. The fourth-order valence-electron chi connectivity index (χ4n) is 4.16. The first-order valence-electron chi connectivity index (χ1n) is 9.17. The summed E-state index contributed by atoms with van der Waals surface area (Å²) < 4.78 is 36.5. The lowest BCUT2D eigenvalue weighted by Crippen LogP contribution is -2.34. The number of pyridine rings is 1. The Balaban J connectivity index is 1.48. The predicted molar refractivity (Wildman–Crippen MR) is 101 cm³/mol. The highest BCUT2D eigenvalue weighted by atomic mass is 19.4. The van der Waals surface area contributed by atoms with E-state index in [1.54, 1.807) is 11.1 Å². The minimum absolute atomic E-state index is 0.108. The summed E-state index contributed by atoms with van der Waals surface area (Å²) in [4.78, 5) is 32.4. The van der Waals surface area contributed by atoms with Gasteiger partial charge in [-0.05, 0) is 37.1 Å². The Morgan fingerprint density at radius 3 is 2.90 bits per heavy atom. The van der Waals surface area contributed by atoms with Gasteiger partial charge in [0.2, 0.25) is 0 Å². The molecule has 4 rings (SSSR count). The third kappa shape index (κ3) is 3.32. The number of alkyl halides is 3. The number of carbonyl (C=O) groups excluding carboxylic acids is 1. The van der Waals surface area contributed by atoms with Crippen molar-refractivity contribution < 1.29 is 18.0 Å². The number of halogens is 3. The molecule has 2 aliphatic rings. The van der Waals surface area contributed by atoms with Crippen LogP contribution < -0.4 is 10.9 Å². The molecule has 2 fully saturated rings. The van der Waals surface area contributed by atoms with Gasteiger partial charge < -0.3 is 25.6 Å². The van der Waals surface area contributed by atoms with Gasteiger partial charge in [-0.15, -0.1) is 0 Å². The lowest BCUT2D eigenvalue weighted by molar-refractivity contribution is -0.122. The van der Waals surface area contributed by atoms with Crippen LogP contribution in [0, 0.1) is 23.7 Å². The minimum atomic E-state index is -4.32. The minimum Gasteiger partial charge on any atom is -0.382 e. The highest BCUT2D eigenvalue weighted by Crippen LogP contribution is 2.58. The number of rotatable bonds is 5. The summed E-state index contributed by atoms with van der Waals surface area (Å²) in [6, 6.07) is 0. The zero-order valence-corrected chi connectivity index (χ0v) is 15.6. The number of hydrogen-bond acceptors (Lipinski definition) is 4. The van der Waals surface area contributed by atoms with Gasteiger partial charge in [-0.2, -0.15) is 13.2 Å². The lowest BCUT2D eigenvalue weighted by atomic mass is 9.99. The average Bonchev–Trinajstić information content (AvgIpc) is 3.03. The number of nitrogens with one attached hydrogen (secondary N) is 4. The van der Waals surface area contributed by atoms with Crippen LogP contribution in [0.25, 0.3) is 10.9 Å². The Morgan fingerprint density at radius 2 is 2.17 bits per heavy atom. The van der Waals surface area contributed by atoms with E-state index in [2.05, 4.69) is 15.3 Å². The molecule has 29 heavy (non-hydrogen) atoms. The third-order valence-electron chi connectivity index (χ3n) is 5.79. The maximum atomic E-state index is 13.0. The number of carbonyl (C=O) groups is 1. The number of aryl methyl sites for hydroxylation is 1. The highest BCUT2D eigenvalue weighted by molar-refractivity contribution is 6.08. The van der Waals surface area contributed by atoms with E-state index in [0.29, 0.717) is 24.0 Å². The van der Waals surface area contributed by atoms with Gasteiger partial charge in [-0.1, -0.05) is 0 Å². The largest absolute Gasteiger partial charge is 0.405 e. The summed E-state index contributed by atoms with van der Waals surface area (Å²) in [6.45, 7) is 1.44. The number of H-pyrrole nitrogens is 2.